The van der Waals surface area contributed by atoms with Gasteiger partial charge in [-0.05, 0) is 12.1 Å². The average Bonchev–Trinajstić information content (AvgIpc) is 2.09. The van der Waals surface area contributed by atoms with Crippen LogP contribution in [0.15, 0.2) is 18.2 Å². The second-order valence-corrected chi connectivity index (χ2v) is 3.62. The van der Waals surface area contributed by atoms with Crippen LogP contribution in [0.25, 0.3) is 0 Å². The van der Waals surface area contributed by atoms with Crippen molar-refractivity contribution in [1.29, 1.82) is 0 Å². The number of carbonyl (C=O) groups excluding carboxylic acids is 1. The predicted molar refractivity (Wildman–Crippen MR) is 55.6 cm³/mol. The normalized spacial score (nSPS) is 10.0. The number of carbonyl (C=O) groups is 1. The molecular weight excluding hydrogens is 255 g/mol. The third-order valence-electron chi connectivity index (χ3n) is 1.58. The summed E-state index contributed by atoms with van der Waals surface area (Å²) >= 11 is 8.69. The fraction of sp³-hybridized carbons (Fsp3) is 0.222. The first-order valence-corrected chi connectivity index (χ1v) is 5.18. The summed E-state index contributed by atoms with van der Waals surface area (Å²) in [5.41, 5.74) is 0.605. The number of benzene rings is 1. The monoisotopic (exact) mass is 262 g/mol. The molecule has 0 aliphatic heterocycles. The van der Waals surface area contributed by atoms with Gasteiger partial charge in [0.15, 0.2) is 0 Å². The van der Waals surface area contributed by atoms with Gasteiger partial charge in [-0.3, -0.25) is 4.79 Å². The number of halogens is 2. The molecule has 0 heterocycles. The van der Waals surface area contributed by atoms with Gasteiger partial charge in [-0.15, -0.1) is 0 Å². The molecule has 0 aliphatic rings. The Kier molecular flexibility index (Phi) is 3.75. The van der Waals surface area contributed by atoms with Crippen LogP contribution in [0.4, 0.5) is 0 Å². The minimum atomic E-state index is 0.0256. The van der Waals surface area contributed by atoms with Crippen molar-refractivity contribution in [1.82, 2.24) is 0 Å². The molecule has 1 aromatic rings. The number of alkyl halides is 1. The van der Waals surface area contributed by atoms with E-state index in [-0.39, 0.29) is 18.0 Å². The Morgan fingerprint density at radius 1 is 1.54 bits per heavy atom. The first kappa shape index (κ1) is 10.5. The minimum absolute atomic E-state index is 0.0256. The van der Waals surface area contributed by atoms with Gasteiger partial charge < -0.3 is 5.11 Å². The Morgan fingerprint density at radius 2 is 2.23 bits per heavy atom. The standard InChI is InChI=1S/C9H8BrClO2/c10-5-8(12)3-6-1-2-7(11)4-9(6)13/h1-2,4,13H,3,5H2. The molecule has 0 saturated carbocycles. The molecule has 70 valence electrons. The van der Waals surface area contributed by atoms with Gasteiger partial charge >= 0.3 is 0 Å². The number of aromatic hydroxyl groups is 1. The third kappa shape index (κ3) is 3.01. The molecule has 0 atom stereocenters. The maximum Gasteiger partial charge on any atom is 0.147 e. The molecule has 1 N–H and O–H groups in total. The Hall–Kier alpha value is -0.540. The van der Waals surface area contributed by atoms with Crippen LogP contribution < -0.4 is 0 Å². The van der Waals surface area contributed by atoms with E-state index in [1.165, 1.54) is 6.07 Å². The summed E-state index contributed by atoms with van der Waals surface area (Å²) in [6, 6.07) is 4.73. The first-order valence-electron chi connectivity index (χ1n) is 3.68. The zero-order chi connectivity index (χ0) is 9.84. The van der Waals surface area contributed by atoms with Crippen LogP contribution in [-0.2, 0) is 11.2 Å². The van der Waals surface area contributed by atoms with Crippen LogP contribution in [0.2, 0.25) is 5.02 Å². The van der Waals surface area contributed by atoms with Gasteiger partial charge in [0.25, 0.3) is 0 Å². The summed E-state index contributed by atoms with van der Waals surface area (Å²) < 4.78 is 0. The number of phenols is 1. The van der Waals surface area contributed by atoms with E-state index >= 15 is 0 Å². The van der Waals surface area contributed by atoms with Crippen LogP contribution in [0.3, 0.4) is 0 Å². The van der Waals surface area contributed by atoms with Gasteiger partial charge in [-0.25, -0.2) is 0 Å². The van der Waals surface area contributed by atoms with E-state index in [1.807, 2.05) is 0 Å². The number of Topliss-reactive ketones (excluding diaryl/α,β-unsaturated/α-hetero) is 1. The van der Waals surface area contributed by atoms with Gasteiger partial charge in [0, 0.05) is 17.0 Å². The van der Waals surface area contributed by atoms with Gasteiger partial charge in [0.1, 0.15) is 11.5 Å². The van der Waals surface area contributed by atoms with Gasteiger partial charge in [0.05, 0.1) is 5.33 Å². The third-order valence-corrected chi connectivity index (χ3v) is 2.44. The zero-order valence-corrected chi connectivity index (χ0v) is 9.10. The SMILES string of the molecule is O=C(CBr)Cc1ccc(Cl)cc1O. The highest BCUT2D eigenvalue weighted by atomic mass is 79.9. The van der Waals surface area contributed by atoms with Gasteiger partial charge in [0.2, 0.25) is 0 Å². The summed E-state index contributed by atoms with van der Waals surface area (Å²) in [4.78, 5) is 11.0. The topological polar surface area (TPSA) is 37.3 Å². The summed E-state index contributed by atoms with van der Waals surface area (Å²) in [6.07, 6.45) is 0.230. The molecule has 13 heavy (non-hydrogen) atoms. The maximum atomic E-state index is 11.0. The van der Waals surface area contributed by atoms with E-state index in [2.05, 4.69) is 15.9 Å². The highest BCUT2D eigenvalue weighted by Gasteiger charge is 2.06. The molecule has 4 heteroatoms. The molecule has 2 nitrogen and oxygen atoms in total. The fourth-order valence-electron chi connectivity index (χ4n) is 0.946. The van der Waals surface area contributed by atoms with Gasteiger partial charge in [-0.2, -0.15) is 0 Å². The van der Waals surface area contributed by atoms with E-state index in [1.54, 1.807) is 12.1 Å². The number of rotatable bonds is 3. The van der Waals surface area contributed by atoms with Crippen molar-refractivity contribution in [3.8, 4) is 5.75 Å². The van der Waals surface area contributed by atoms with Crippen LogP contribution in [0.5, 0.6) is 5.75 Å². The number of hydrogen-bond acceptors (Lipinski definition) is 2. The largest absolute Gasteiger partial charge is 0.508 e. The summed E-state index contributed by atoms with van der Waals surface area (Å²) in [6.45, 7) is 0. The van der Waals surface area contributed by atoms with Crippen LogP contribution in [-0.4, -0.2) is 16.2 Å². The summed E-state index contributed by atoms with van der Waals surface area (Å²) in [5.74, 6) is 0.0967. The Labute approximate surface area is 89.7 Å². The molecule has 0 spiro atoms. The molecular formula is C9H8BrClO2. The molecule has 0 unspecified atom stereocenters. The van der Waals surface area contributed by atoms with Crippen molar-refractivity contribution in [2.45, 2.75) is 6.42 Å². The van der Waals surface area contributed by atoms with Crippen LogP contribution >= 0.6 is 27.5 Å². The molecule has 1 rings (SSSR count). The van der Waals surface area contributed by atoms with Crippen LogP contribution in [0, 0.1) is 0 Å². The molecule has 0 aliphatic carbocycles. The number of phenolic OH excluding ortho intramolecular Hbond substituents is 1. The van der Waals surface area contributed by atoms with Crippen molar-refractivity contribution >= 4 is 33.3 Å². The van der Waals surface area contributed by atoms with Crippen LogP contribution in [0.1, 0.15) is 5.56 Å². The Morgan fingerprint density at radius 3 is 2.77 bits per heavy atom. The quantitative estimate of drug-likeness (QED) is 0.851. The Balaban J connectivity index is 2.83. The fourth-order valence-corrected chi connectivity index (χ4v) is 1.31. The summed E-state index contributed by atoms with van der Waals surface area (Å²) in [7, 11) is 0. The highest BCUT2D eigenvalue weighted by Crippen LogP contribution is 2.22. The molecule has 0 bridgehead atoms. The van der Waals surface area contributed by atoms with E-state index < -0.39 is 0 Å². The Bertz CT molecular complexity index is 325. The first-order chi connectivity index (χ1) is 6.13. The lowest BCUT2D eigenvalue weighted by atomic mass is 10.1. The molecule has 0 fully saturated rings. The van der Waals surface area contributed by atoms with E-state index in [0.717, 1.165) is 0 Å². The number of ketones is 1. The van der Waals surface area contributed by atoms with Crippen molar-refractivity contribution < 1.29 is 9.90 Å². The van der Waals surface area contributed by atoms with Crippen molar-refractivity contribution in [3.63, 3.8) is 0 Å². The lowest BCUT2D eigenvalue weighted by Gasteiger charge is -2.02. The van der Waals surface area contributed by atoms with E-state index in [0.29, 0.717) is 15.9 Å². The smallest absolute Gasteiger partial charge is 0.147 e. The van der Waals surface area contributed by atoms with Crippen molar-refractivity contribution in [2.75, 3.05) is 5.33 Å². The maximum absolute atomic E-state index is 11.0. The molecule has 1 aromatic carbocycles. The van der Waals surface area contributed by atoms with Gasteiger partial charge in [-0.1, -0.05) is 33.6 Å². The second-order valence-electron chi connectivity index (χ2n) is 2.62. The average molecular weight is 264 g/mol. The van der Waals surface area contributed by atoms with Crippen molar-refractivity contribution in [2.24, 2.45) is 0 Å². The van der Waals surface area contributed by atoms with E-state index in [9.17, 15) is 9.90 Å². The lowest BCUT2D eigenvalue weighted by molar-refractivity contribution is -0.115. The molecule has 0 amide bonds. The van der Waals surface area contributed by atoms with Crippen molar-refractivity contribution in [3.05, 3.63) is 28.8 Å². The zero-order valence-electron chi connectivity index (χ0n) is 6.76. The lowest BCUT2D eigenvalue weighted by Crippen LogP contribution is -2.03. The summed E-state index contributed by atoms with van der Waals surface area (Å²) in [5, 5.41) is 10.1. The molecule has 0 aromatic heterocycles. The minimum Gasteiger partial charge on any atom is -0.508 e. The second kappa shape index (κ2) is 4.63. The highest BCUT2D eigenvalue weighted by molar-refractivity contribution is 9.09. The van der Waals surface area contributed by atoms with E-state index in [4.69, 9.17) is 11.6 Å². The molecule has 0 radical (unpaired) electrons. The predicted octanol–water partition coefficient (Wildman–Crippen LogP) is 2.55. The number of hydrogen-bond donors (Lipinski definition) is 1. The molecule has 0 saturated heterocycles.